The Morgan fingerprint density at radius 2 is 1.43 bits per heavy atom. The van der Waals surface area contributed by atoms with E-state index in [0.717, 1.165) is 4.90 Å². The van der Waals surface area contributed by atoms with Crippen LogP contribution in [-0.4, -0.2) is 246 Å². The maximum absolute atomic E-state index is 15.3. The number of imide groups is 1. The van der Waals surface area contributed by atoms with E-state index in [0.29, 0.717) is 90.6 Å². The number of aliphatic hydroxyl groups excluding tert-OH is 3. The van der Waals surface area contributed by atoms with Crippen LogP contribution in [0.3, 0.4) is 0 Å². The average molecular weight is 1320 g/mol. The Morgan fingerprint density at radius 1 is 0.763 bits per heavy atom. The van der Waals surface area contributed by atoms with E-state index < -0.39 is 176 Å². The third-order valence-electron chi connectivity index (χ3n) is 17.5. The van der Waals surface area contributed by atoms with Crippen LogP contribution in [0.25, 0.3) is 10.9 Å². The standard InChI is InChI=1S/C60H86N14O18S/c1-4-32(2)51-57(89)64-26-46(81)65-40-31-93(92)59-36(24-38(54(86)63-27-47(82)68-51)66-58(90)52(33(3)43(78)30-75)69-56(88)41-23-34(76)28-74(41)60(91)39(25-44(61)79)67-55(40)87)35-13-14-42(77)37(53(35)70-59)29-71-19-21-72(22-20-71)48(83)12-8-5-9-17-62-45(80)11-7-6-10-18-73-49(84)15-16-50(73)85/h13-16,32-34,38-41,43,51-52,70,75-78H,4-12,17-31H2,1-3H3,(H2,61,79)(H,62,80)(H,63,86)(H,64,89)(H,65,81)(H,66,90)(H,67,87)(H,68,82)(H,69,88)/t32-,33+,34+,38+,39-,40+,41-,43+,51-,52-,93?/m0/s1. The van der Waals surface area contributed by atoms with Crippen LogP contribution in [0.4, 0.5) is 0 Å². The highest BCUT2D eigenvalue weighted by Crippen LogP contribution is 2.35. The molecule has 0 radical (unpaired) electrons. The number of carbonyl (C=O) groups is 13. The van der Waals surface area contributed by atoms with E-state index >= 15 is 4.21 Å². The molecule has 15 N–H and O–H groups in total. The predicted octanol–water partition coefficient (Wildman–Crippen LogP) is -5.11. The molecule has 93 heavy (non-hydrogen) atoms. The van der Waals surface area contributed by atoms with E-state index in [1.54, 1.807) is 18.7 Å². The minimum absolute atomic E-state index is 0.0261. The number of primary amides is 1. The SMILES string of the molecule is CC[C@H](C)[C@@H]1NC(=O)CNC(=O)[C@H]2Cc3c([nH]c4c(CN5CCN(C(=O)CCCCCNC(=O)CCCCCN6C(=O)C=CC6=O)CC5)c(O)ccc34)S(=O)C[C@@H](NC(=O)CNC1=O)C(=O)N[C@@H](CC(N)=O)C(=O)N1C[C@H](O)C[C@H]1C(=O)N[C@@H]([C@H](C)[C@H](O)CO)C(=O)N2. The zero-order valence-corrected chi connectivity index (χ0v) is 53.1. The number of fused-ring (bicyclic) bond motifs is 5. The molecule has 5 aliphatic heterocycles. The number of unbranched alkanes of at least 4 members (excludes halogenated alkanes) is 4. The maximum Gasteiger partial charge on any atom is 0.253 e. The number of aromatic amines is 1. The Morgan fingerprint density at radius 3 is 2.11 bits per heavy atom. The second-order valence-electron chi connectivity index (χ2n) is 24.2. The van der Waals surface area contributed by atoms with Crippen molar-refractivity contribution in [3.8, 4) is 5.75 Å². The number of amides is 13. The first-order chi connectivity index (χ1) is 44.3. The van der Waals surface area contributed by atoms with Gasteiger partial charge in [-0.25, -0.2) is 0 Å². The first-order valence-electron chi connectivity index (χ1n) is 31.4. The number of carbonyl (C=O) groups excluding carboxylic acids is 13. The molecule has 33 heteroatoms. The predicted molar refractivity (Wildman–Crippen MR) is 330 cm³/mol. The zero-order valence-electron chi connectivity index (χ0n) is 52.3. The fraction of sp³-hybridized carbons (Fsp3) is 0.617. The molecular formula is C60H86N14O18S. The molecular weight excluding hydrogens is 1240 g/mol. The van der Waals surface area contributed by atoms with Crippen molar-refractivity contribution in [3.05, 3.63) is 35.4 Å². The van der Waals surface area contributed by atoms with E-state index in [1.165, 1.54) is 36.1 Å². The number of phenolic OH excluding ortho intramolecular Hbond substituents is 1. The maximum atomic E-state index is 15.3. The van der Waals surface area contributed by atoms with Gasteiger partial charge < -0.3 is 83.5 Å². The molecule has 6 heterocycles. The number of H-pyrrole nitrogens is 1. The van der Waals surface area contributed by atoms with Crippen molar-refractivity contribution in [2.24, 2.45) is 17.6 Å². The van der Waals surface area contributed by atoms with E-state index in [-0.39, 0.29) is 69.4 Å². The van der Waals surface area contributed by atoms with Crippen LogP contribution in [0, 0.1) is 11.8 Å². The van der Waals surface area contributed by atoms with Crippen molar-refractivity contribution in [2.75, 3.05) is 71.3 Å². The van der Waals surface area contributed by atoms with Gasteiger partial charge in [-0.05, 0) is 49.3 Å². The lowest BCUT2D eigenvalue weighted by Gasteiger charge is -2.35. The van der Waals surface area contributed by atoms with Gasteiger partial charge in [0.15, 0.2) is 0 Å². The van der Waals surface area contributed by atoms with Gasteiger partial charge in [0.05, 0.1) is 60.4 Å². The summed E-state index contributed by atoms with van der Waals surface area (Å²) in [4.78, 5) is 185. The number of nitrogens with zero attached hydrogens (tertiary/aromatic N) is 4. The Labute approximate surface area is 538 Å². The van der Waals surface area contributed by atoms with Gasteiger partial charge in [0, 0.05) is 107 Å². The Balaban J connectivity index is 1.16. The summed E-state index contributed by atoms with van der Waals surface area (Å²) in [6.45, 7) is 3.62. The van der Waals surface area contributed by atoms with Crippen molar-refractivity contribution >= 4 is 98.5 Å². The summed E-state index contributed by atoms with van der Waals surface area (Å²) in [5.74, 6) is -13.4. The number of nitrogens with two attached hydrogens (primary N) is 1. The summed E-state index contributed by atoms with van der Waals surface area (Å²) < 4.78 is 15.3. The minimum atomic E-state index is -2.51. The highest BCUT2D eigenvalue weighted by molar-refractivity contribution is 7.85. The van der Waals surface area contributed by atoms with Crippen molar-refractivity contribution in [1.82, 2.24) is 67.1 Å². The molecule has 2 aromatic rings. The number of piperazine rings is 1. The molecule has 2 saturated heterocycles. The van der Waals surface area contributed by atoms with Crippen LogP contribution in [-0.2, 0) is 86.1 Å². The highest BCUT2D eigenvalue weighted by atomic mass is 32.2. The number of aromatic hydroxyl groups is 1. The van der Waals surface area contributed by atoms with Gasteiger partial charge in [0.25, 0.3) is 11.8 Å². The zero-order chi connectivity index (χ0) is 67.8. The van der Waals surface area contributed by atoms with Crippen molar-refractivity contribution in [2.45, 2.75) is 158 Å². The summed E-state index contributed by atoms with van der Waals surface area (Å²) in [7, 11) is -2.51. The number of hydrogen-bond donors (Lipinski definition) is 14. The van der Waals surface area contributed by atoms with E-state index in [1.807, 2.05) is 4.90 Å². The Bertz CT molecular complexity index is 3210. The molecule has 2 bridgehead atoms. The fourth-order valence-corrected chi connectivity index (χ4v) is 13.2. The number of aliphatic hydroxyl groups is 3. The topological polar surface area (TPSA) is 471 Å². The minimum Gasteiger partial charge on any atom is -0.508 e. The summed E-state index contributed by atoms with van der Waals surface area (Å²) >= 11 is 0. The molecule has 32 nitrogen and oxygen atoms in total. The Kier molecular flexibility index (Phi) is 25.9. The van der Waals surface area contributed by atoms with Gasteiger partial charge in [-0.15, -0.1) is 0 Å². The molecule has 11 atom stereocenters. The van der Waals surface area contributed by atoms with Crippen LogP contribution in [0.2, 0.25) is 0 Å². The largest absolute Gasteiger partial charge is 0.508 e. The third kappa shape index (κ3) is 19.1. The van der Waals surface area contributed by atoms with Crippen LogP contribution < -0.4 is 48.3 Å². The molecule has 7 rings (SSSR count). The number of aromatic nitrogens is 1. The van der Waals surface area contributed by atoms with Crippen LogP contribution in [0.5, 0.6) is 5.75 Å². The van der Waals surface area contributed by atoms with Gasteiger partial charge in [-0.3, -0.25) is 76.3 Å². The number of benzene rings is 1. The monoisotopic (exact) mass is 1320 g/mol. The van der Waals surface area contributed by atoms with Crippen LogP contribution in [0.1, 0.15) is 103 Å². The lowest BCUT2D eigenvalue weighted by molar-refractivity contribution is -0.144. The lowest BCUT2D eigenvalue weighted by Crippen LogP contribution is -2.62. The summed E-state index contributed by atoms with van der Waals surface area (Å²) in [5, 5.41) is 63.9. The second kappa shape index (κ2) is 33.4. The number of nitrogens with one attached hydrogen (secondary N) is 9. The summed E-state index contributed by atoms with van der Waals surface area (Å²) in [5.41, 5.74) is 6.03. The number of phenols is 1. The lowest BCUT2D eigenvalue weighted by atomic mass is 9.93. The molecule has 5 aliphatic rings. The van der Waals surface area contributed by atoms with Crippen LogP contribution >= 0.6 is 0 Å². The molecule has 1 aromatic carbocycles. The van der Waals surface area contributed by atoms with Crippen molar-refractivity contribution in [3.63, 3.8) is 0 Å². The van der Waals surface area contributed by atoms with Gasteiger partial charge in [-0.1, -0.05) is 40.0 Å². The summed E-state index contributed by atoms with van der Waals surface area (Å²) in [6.07, 6.45) is 2.10. The van der Waals surface area contributed by atoms with Crippen molar-refractivity contribution in [1.29, 1.82) is 0 Å². The first-order valence-corrected chi connectivity index (χ1v) is 32.8. The molecule has 510 valence electrons. The van der Waals surface area contributed by atoms with Gasteiger partial charge in [-0.2, -0.15) is 0 Å². The molecule has 1 unspecified atom stereocenters. The smallest absolute Gasteiger partial charge is 0.253 e. The van der Waals surface area contributed by atoms with Crippen LogP contribution in [0.15, 0.2) is 29.3 Å². The van der Waals surface area contributed by atoms with Crippen molar-refractivity contribution < 1.29 is 87.0 Å². The van der Waals surface area contributed by atoms with E-state index in [2.05, 4.69) is 47.5 Å². The number of rotatable bonds is 21. The molecule has 13 amide bonds. The van der Waals surface area contributed by atoms with E-state index in [4.69, 9.17) is 5.73 Å². The summed E-state index contributed by atoms with van der Waals surface area (Å²) in [6, 6.07) is -7.58. The van der Waals surface area contributed by atoms with Gasteiger partial charge in [0.1, 0.15) is 47.0 Å². The van der Waals surface area contributed by atoms with Gasteiger partial charge >= 0.3 is 0 Å². The Hall–Kier alpha value is -8.40. The molecule has 2 fully saturated rings. The molecule has 0 aliphatic carbocycles. The normalized spacial score (nSPS) is 25.2. The van der Waals surface area contributed by atoms with Gasteiger partial charge in [0.2, 0.25) is 65.0 Å². The molecule has 0 spiro atoms. The molecule has 1 aromatic heterocycles. The second-order valence-corrected chi connectivity index (χ2v) is 25.6. The quantitative estimate of drug-likeness (QED) is 0.0411. The number of hydrogen-bond acceptors (Lipinski definition) is 19. The average Bonchev–Trinajstić information content (AvgIpc) is 1.63. The molecule has 0 saturated carbocycles. The first kappa shape index (κ1) is 72.0. The third-order valence-corrected chi connectivity index (χ3v) is 18.9. The highest BCUT2D eigenvalue weighted by Gasteiger charge is 2.45. The fourth-order valence-electron chi connectivity index (χ4n) is 11.8. The van der Waals surface area contributed by atoms with E-state index in [9.17, 15) is 82.8 Å².